The predicted octanol–water partition coefficient (Wildman–Crippen LogP) is 3.75. The van der Waals surface area contributed by atoms with Crippen molar-refractivity contribution < 1.29 is 37.7 Å². The van der Waals surface area contributed by atoms with Crippen LogP contribution in [0.2, 0.25) is 0 Å². The molecule has 2 aliphatic rings. The number of rotatable bonds is 12. The molecule has 0 aromatic rings. The number of hydrogen-bond acceptors (Lipinski definition) is 8. The molecular weight excluding hydrogens is 513 g/mol. The van der Waals surface area contributed by atoms with Gasteiger partial charge in [0.1, 0.15) is 24.0 Å². The molecule has 1 aliphatic carbocycles. The average Bonchev–Trinajstić information content (AvgIpc) is 3.53. The second-order valence-electron chi connectivity index (χ2n) is 11.1. The van der Waals surface area contributed by atoms with Crippen LogP contribution in [-0.2, 0) is 32.9 Å². The molecule has 0 aromatic carbocycles. The molecule has 0 bridgehead atoms. The van der Waals surface area contributed by atoms with E-state index in [1.54, 1.807) is 6.92 Å². The maximum Gasteiger partial charge on any atom is 0.408 e. The minimum absolute atomic E-state index is 0.136. The second kappa shape index (κ2) is 14.9. The zero-order chi connectivity index (χ0) is 28.5. The Morgan fingerprint density at radius 3 is 2.26 bits per heavy atom. The summed E-state index contributed by atoms with van der Waals surface area (Å²) in [5.74, 6) is -2.19. The van der Waals surface area contributed by atoms with Crippen molar-refractivity contribution in [2.24, 2.45) is 5.41 Å². The van der Waals surface area contributed by atoms with Gasteiger partial charge in [-0.2, -0.15) is 0 Å². The quantitative estimate of drug-likeness (QED) is 0.272. The van der Waals surface area contributed by atoms with Crippen molar-refractivity contribution in [2.45, 2.75) is 123 Å². The van der Waals surface area contributed by atoms with Gasteiger partial charge in [0.25, 0.3) is 0 Å². The first kappa shape index (κ1) is 32.1. The van der Waals surface area contributed by atoms with Gasteiger partial charge in [0.15, 0.2) is 6.10 Å². The fraction of sp³-hybridized carbons (Fsp3) is 0.846. The first-order valence-corrected chi connectivity index (χ1v) is 15.2. The van der Waals surface area contributed by atoms with E-state index in [-0.39, 0.29) is 18.6 Å². The van der Waals surface area contributed by atoms with Crippen LogP contribution in [0.4, 0.5) is 4.79 Å². The number of amides is 3. The minimum Gasteiger partial charge on any atom is -0.464 e. The molecule has 2 rings (SSSR count). The predicted molar refractivity (Wildman–Crippen MR) is 143 cm³/mol. The van der Waals surface area contributed by atoms with Crippen LogP contribution in [0, 0.1) is 5.41 Å². The molecule has 218 valence electrons. The summed E-state index contributed by atoms with van der Waals surface area (Å²) in [6.45, 7) is 11.1. The van der Waals surface area contributed by atoms with E-state index >= 15 is 0 Å². The summed E-state index contributed by atoms with van der Waals surface area (Å²) in [5.41, 5.74) is -0.623. The van der Waals surface area contributed by atoms with Gasteiger partial charge in [0, 0.05) is 6.54 Å². The van der Waals surface area contributed by atoms with Crippen molar-refractivity contribution >= 4 is 31.9 Å². The van der Waals surface area contributed by atoms with Crippen LogP contribution in [0.15, 0.2) is 0 Å². The Bertz CT molecular complexity index is 856. The molecule has 12 heteroatoms. The third-order valence-electron chi connectivity index (χ3n) is 6.88. The van der Waals surface area contributed by atoms with Crippen LogP contribution in [0.5, 0.6) is 0 Å². The molecule has 1 heterocycles. The molecule has 1 aliphatic heterocycles. The van der Waals surface area contributed by atoms with Crippen LogP contribution in [0.3, 0.4) is 0 Å². The highest BCUT2D eigenvalue weighted by Gasteiger charge is 2.43. The number of esters is 1. The fourth-order valence-electron chi connectivity index (χ4n) is 4.80. The molecule has 2 unspecified atom stereocenters. The summed E-state index contributed by atoms with van der Waals surface area (Å²) in [6, 6.07) is -1.65. The van der Waals surface area contributed by atoms with Crippen molar-refractivity contribution in [1.82, 2.24) is 15.5 Å². The van der Waals surface area contributed by atoms with E-state index in [0.29, 0.717) is 32.2 Å². The lowest BCUT2D eigenvalue weighted by molar-refractivity contribution is -0.150. The summed E-state index contributed by atoms with van der Waals surface area (Å²) in [7, 11) is -2.84. The van der Waals surface area contributed by atoms with Gasteiger partial charge in [0.05, 0.1) is 6.61 Å². The molecule has 0 radical (unpaired) electrons. The monoisotopic (exact) mass is 559 g/mol. The zero-order valence-corrected chi connectivity index (χ0v) is 24.7. The van der Waals surface area contributed by atoms with E-state index in [2.05, 4.69) is 10.6 Å². The zero-order valence-electron chi connectivity index (χ0n) is 23.7. The Balaban J connectivity index is 2.08. The van der Waals surface area contributed by atoms with Crippen molar-refractivity contribution in [3.8, 4) is 0 Å². The van der Waals surface area contributed by atoms with E-state index in [1.807, 2.05) is 27.7 Å². The molecule has 38 heavy (non-hydrogen) atoms. The van der Waals surface area contributed by atoms with E-state index in [9.17, 15) is 23.7 Å². The molecule has 2 N–H and O–H groups in total. The number of likely N-dealkylation sites (tertiary alicyclic amines) is 1. The van der Waals surface area contributed by atoms with Crippen LogP contribution in [0.25, 0.3) is 0 Å². The Kier molecular flexibility index (Phi) is 12.6. The SMILES string of the molecule is CCCC(NC(=O)[C@@H]1CCCN1C(=O)[C@@H](NC(=O)OC1CCCC1)C(C)(C)C)[PH](=O)O[C@@H](C)C(=O)OCC. The molecule has 11 nitrogen and oxygen atoms in total. The number of hydrogen-bond donors (Lipinski definition) is 2. The summed E-state index contributed by atoms with van der Waals surface area (Å²) in [4.78, 5) is 52.9. The smallest absolute Gasteiger partial charge is 0.408 e. The first-order valence-electron chi connectivity index (χ1n) is 13.8. The Hall–Kier alpha value is -2.13. The number of alkyl carbamates (subject to hydrolysis) is 1. The van der Waals surface area contributed by atoms with Crippen LogP contribution >= 0.6 is 8.03 Å². The second-order valence-corrected chi connectivity index (χ2v) is 12.7. The number of carbonyl (C=O) groups is 4. The first-order chi connectivity index (χ1) is 17.9. The molecule has 0 aromatic heterocycles. The van der Waals surface area contributed by atoms with Gasteiger partial charge in [-0.15, -0.1) is 0 Å². The number of nitrogens with zero attached hydrogens (tertiary/aromatic N) is 1. The maximum atomic E-state index is 13.7. The average molecular weight is 560 g/mol. The Morgan fingerprint density at radius 2 is 1.68 bits per heavy atom. The highest BCUT2D eigenvalue weighted by molar-refractivity contribution is 7.40. The fourth-order valence-corrected chi connectivity index (χ4v) is 6.19. The lowest BCUT2D eigenvalue weighted by Gasteiger charge is -2.35. The van der Waals surface area contributed by atoms with Gasteiger partial charge in [0.2, 0.25) is 19.8 Å². The van der Waals surface area contributed by atoms with Gasteiger partial charge in [-0.3, -0.25) is 14.2 Å². The summed E-state index contributed by atoms with van der Waals surface area (Å²) >= 11 is 0. The minimum atomic E-state index is -2.84. The van der Waals surface area contributed by atoms with Crippen LogP contribution in [0.1, 0.15) is 92.9 Å². The molecular formula is C26H46N3O8P. The van der Waals surface area contributed by atoms with E-state index in [0.717, 1.165) is 25.7 Å². The van der Waals surface area contributed by atoms with E-state index in [4.69, 9.17) is 14.0 Å². The Labute approximate surface area is 226 Å². The lowest BCUT2D eigenvalue weighted by atomic mass is 9.85. The van der Waals surface area contributed by atoms with Gasteiger partial charge < -0.3 is 29.5 Å². The third-order valence-corrected chi connectivity index (χ3v) is 8.47. The van der Waals surface area contributed by atoms with Crippen LogP contribution in [-0.4, -0.2) is 72.0 Å². The van der Waals surface area contributed by atoms with Crippen molar-refractivity contribution in [2.75, 3.05) is 13.2 Å². The molecule has 1 saturated heterocycles. The highest BCUT2D eigenvalue weighted by Crippen LogP contribution is 2.34. The summed E-state index contributed by atoms with van der Waals surface area (Å²) in [6.07, 6.45) is 3.97. The van der Waals surface area contributed by atoms with Crippen molar-refractivity contribution in [3.05, 3.63) is 0 Å². The standard InChI is InChI=1S/C26H46N3O8P/c1-7-12-20(38(34)37-17(3)24(32)35-8-2)27-22(30)19-15-11-16-29(19)23(31)21(26(4,5)6)28-25(33)36-18-13-9-10-14-18/h17-21,38H,7-16H2,1-6H3,(H,27,30)(H,28,33)/t17-,19-,20?,21+/m0/s1. The maximum absolute atomic E-state index is 13.7. The molecule has 2 fully saturated rings. The molecule has 5 atom stereocenters. The number of nitrogens with one attached hydrogen (secondary N) is 2. The van der Waals surface area contributed by atoms with E-state index in [1.165, 1.54) is 11.8 Å². The molecule has 1 saturated carbocycles. The van der Waals surface area contributed by atoms with Crippen molar-refractivity contribution in [1.29, 1.82) is 0 Å². The van der Waals surface area contributed by atoms with E-state index < -0.39 is 55.4 Å². The number of carbonyl (C=O) groups excluding carboxylic acids is 4. The summed E-state index contributed by atoms with van der Waals surface area (Å²) < 4.78 is 28.8. The lowest BCUT2D eigenvalue weighted by Crippen LogP contribution is -2.58. The largest absolute Gasteiger partial charge is 0.464 e. The van der Waals surface area contributed by atoms with Crippen LogP contribution < -0.4 is 10.6 Å². The third kappa shape index (κ3) is 9.26. The van der Waals surface area contributed by atoms with Gasteiger partial charge in [-0.1, -0.05) is 34.1 Å². The van der Waals surface area contributed by atoms with Gasteiger partial charge in [-0.05, 0) is 64.2 Å². The topological polar surface area (TPSA) is 140 Å². The number of ether oxygens (including phenoxy) is 2. The normalized spacial score (nSPS) is 21.3. The molecule has 3 amide bonds. The van der Waals surface area contributed by atoms with Gasteiger partial charge in [-0.25, -0.2) is 9.59 Å². The highest BCUT2D eigenvalue weighted by atomic mass is 31.1. The Morgan fingerprint density at radius 1 is 1.03 bits per heavy atom. The van der Waals surface area contributed by atoms with Crippen molar-refractivity contribution in [3.63, 3.8) is 0 Å². The molecule has 0 spiro atoms. The summed E-state index contributed by atoms with van der Waals surface area (Å²) in [5, 5.41) is 5.55. The van der Waals surface area contributed by atoms with Gasteiger partial charge >= 0.3 is 12.1 Å².